The van der Waals surface area contributed by atoms with Crippen LogP contribution < -0.4 is 21.2 Å². The highest BCUT2D eigenvalue weighted by Crippen LogP contribution is 2.64. The van der Waals surface area contributed by atoms with Crippen molar-refractivity contribution in [2.75, 3.05) is 0 Å². The molecule has 6 aromatic carbocycles. The van der Waals surface area contributed by atoms with E-state index in [2.05, 4.69) is 192 Å². The summed E-state index contributed by atoms with van der Waals surface area (Å²) in [6.07, 6.45) is 2.28. The van der Waals surface area contributed by atoms with Gasteiger partial charge in [0.1, 0.15) is 0 Å². The number of aryl methyl sites for hydroxylation is 4. The van der Waals surface area contributed by atoms with Gasteiger partial charge in [-0.15, -0.1) is 0 Å². The van der Waals surface area contributed by atoms with E-state index in [4.69, 9.17) is 0 Å². The maximum absolute atomic E-state index is 2.42. The van der Waals surface area contributed by atoms with Gasteiger partial charge in [-0.1, -0.05) is 193 Å². The Hall–Kier alpha value is -3.82. The first-order valence-electron chi connectivity index (χ1n) is 17.4. The van der Waals surface area contributed by atoms with Crippen molar-refractivity contribution in [1.29, 1.82) is 0 Å². The van der Waals surface area contributed by atoms with Crippen LogP contribution in [0.4, 0.5) is 0 Å². The average molecular weight is 663 g/mol. The van der Waals surface area contributed by atoms with Gasteiger partial charge in [-0.2, -0.15) is 0 Å². The normalized spacial score (nSPS) is 13.4. The zero-order valence-electron chi connectivity index (χ0n) is 29.1. The minimum Gasteiger partial charge on any atom is -0.0654 e. The van der Waals surface area contributed by atoms with E-state index in [1.807, 2.05) is 0 Å². The third-order valence-corrected chi connectivity index (χ3v) is 15.4. The molecule has 2 heteroatoms. The van der Waals surface area contributed by atoms with Crippen LogP contribution in [-0.2, 0) is 0 Å². The lowest BCUT2D eigenvalue weighted by atomic mass is 9.88. The zero-order valence-corrected chi connectivity index (χ0v) is 30.8. The number of hydrogen-bond donors (Lipinski definition) is 0. The molecule has 242 valence electrons. The van der Waals surface area contributed by atoms with Crippen LogP contribution in [0, 0.1) is 33.6 Å². The van der Waals surface area contributed by atoms with Crippen molar-refractivity contribution in [2.45, 2.75) is 58.8 Å². The highest BCUT2D eigenvalue weighted by atomic mass is 31.1. The van der Waals surface area contributed by atoms with Gasteiger partial charge in [-0.3, -0.25) is 0 Å². The summed E-state index contributed by atoms with van der Waals surface area (Å²) < 4.78 is 0. The first-order chi connectivity index (χ1) is 23.4. The van der Waals surface area contributed by atoms with Gasteiger partial charge in [0.05, 0.1) is 0 Å². The molecule has 0 aliphatic heterocycles. The van der Waals surface area contributed by atoms with Gasteiger partial charge in [-0.25, -0.2) is 0 Å². The summed E-state index contributed by atoms with van der Waals surface area (Å²) in [5.74, 6) is 0.391. The van der Waals surface area contributed by atoms with Crippen LogP contribution in [0.5, 0.6) is 0 Å². The van der Waals surface area contributed by atoms with Gasteiger partial charge >= 0.3 is 0 Å². The largest absolute Gasteiger partial charge is 0.0654 e. The van der Waals surface area contributed by atoms with Crippen LogP contribution in [0.1, 0.15) is 64.5 Å². The Morgan fingerprint density at radius 3 is 0.896 bits per heavy atom. The Bertz CT molecular complexity index is 1610. The smallest absolute Gasteiger partial charge is 0.0160 e. The van der Waals surface area contributed by atoms with Gasteiger partial charge < -0.3 is 0 Å². The second kappa shape index (κ2) is 16.1. The average Bonchev–Trinajstić information content (AvgIpc) is 3.12. The number of rotatable bonds is 12. The third-order valence-electron chi connectivity index (χ3n) is 9.52. The molecule has 0 aromatic heterocycles. The summed E-state index contributed by atoms with van der Waals surface area (Å²) in [6, 6.07) is 60.9. The van der Waals surface area contributed by atoms with Crippen LogP contribution in [0.3, 0.4) is 0 Å². The molecule has 0 fully saturated rings. The molecule has 0 heterocycles. The fourth-order valence-corrected chi connectivity index (χ4v) is 13.3. The molecule has 0 spiro atoms. The summed E-state index contributed by atoms with van der Waals surface area (Å²) in [7, 11) is -1.50. The molecule has 0 saturated heterocycles. The van der Waals surface area contributed by atoms with E-state index in [1.54, 1.807) is 0 Å². The Balaban J connectivity index is 1.65. The van der Waals surface area contributed by atoms with Crippen molar-refractivity contribution in [2.24, 2.45) is 5.92 Å². The van der Waals surface area contributed by atoms with Crippen LogP contribution >= 0.6 is 15.8 Å². The predicted octanol–water partition coefficient (Wildman–Crippen LogP) is 11.4. The van der Waals surface area contributed by atoms with Crippen LogP contribution in [0.15, 0.2) is 158 Å². The van der Waals surface area contributed by atoms with Crippen molar-refractivity contribution in [3.05, 3.63) is 191 Å². The minimum absolute atomic E-state index is 0.317. The fourth-order valence-electron chi connectivity index (χ4n) is 7.06. The Kier molecular flexibility index (Phi) is 11.4. The molecule has 2 unspecified atom stereocenters. The molecule has 6 aromatic rings. The molecule has 0 N–H and O–H groups in total. The zero-order chi connectivity index (χ0) is 33.5. The molecule has 0 aliphatic rings. The summed E-state index contributed by atoms with van der Waals surface area (Å²) in [6.45, 7) is 11.2. The lowest BCUT2D eigenvalue weighted by molar-refractivity contribution is 0.451. The molecule has 48 heavy (non-hydrogen) atoms. The summed E-state index contributed by atoms with van der Waals surface area (Å²) in [5.41, 5.74) is 8.77. The first kappa shape index (κ1) is 34.1. The van der Waals surface area contributed by atoms with Crippen molar-refractivity contribution in [3.8, 4) is 0 Å². The van der Waals surface area contributed by atoms with Gasteiger partial charge in [-0.05, 0) is 88.2 Å². The second-order valence-corrected chi connectivity index (χ2v) is 17.9. The van der Waals surface area contributed by atoms with Gasteiger partial charge in [0.15, 0.2) is 0 Å². The van der Waals surface area contributed by atoms with Crippen LogP contribution in [0.2, 0.25) is 0 Å². The fraction of sp³-hybridized carbons (Fsp3) is 0.217. The van der Waals surface area contributed by atoms with E-state index >= 15 is 0 Å². The monoisotopic (exact) mass is 662 g/mol. The standard InChI is InChI=1S/C46H48P2/c1-6-13-44(45(38-14-9-7-10-15-38)47(40-26-18-34(2)19-27-40)41-28-20-35(3)21-29-41)46(39-16-11-8-12-17-39)48(42-30-22-36(4)23-31-42)43-32-24-37(5)25-33-43/h7-12,14-33,44-46H,6,13H2,1-5H3. The third kappa shape index (κ3) is 7.90. The summed E-state index contributed by atoms with van der Waals surface area (Å²) >= 11 is 0. The molecule has 0 bridgehead atoms. The minimum atomic E-state index is -0.752. The predicted molar refractivity (Wildman–Crippen MR) is 214 cm³/mol. The van der Waals surface area contributed by atoms with E-state index in [0.717, 1.165) is 12.8 Å². The molecule has 0 nitrogen and oxygen atoms in total. The van der Waals surface area contributed by atoms with Crippen LogP contribution in [0.25, 0.3) is 0 Å². The van der Waals surface area contributed by atoms with E-state index < -0.39 is 15.8 Å². The Morgan fingerprint density at radius 1 is 0.375 bits per heavy atom. The van der Waals surface area contributed by atoms with Crippen molar-refractivity contribution >= 4 is 37.1 Å². The van der Waals surface area contributed by atoms with Gasteiger partial charge in [0, 0.05) is 11.3 Å². The SMILES string of the molecule is CCCC(C(c1ccccc1)P(c1ccc(C)cc1)c1ccc(C)cc1)C(c1ccccc1)P(c1ccc(C)cc1)c1ccc(C)cc1. The highest BCUT2D eigenvalue weighted by molar-refractivity contribution is 7.74. The van der Waals surface area contributed by atoms with Gasteiger partial charge in [0.25, 0.3) is 0 Å². The second-order valence-electron chi connectivity index (χ2n) is 13.2. The van der Waals surface area contributed by atoms with E-state index in [9.17, 15) is 0 Å². The number of benzene rings is 6. The first-order valence-corrected chi connectivity index (χ1v) is 20.2. The Labute approximate surface area is 291 Å². The highest BCUT2D eigenvalue weighted by Gasteiger charge is 2.41. The van der Waals surface area contributed by atoms with E-state index in [-0.39, 0.29) is 0 Å². The molecular formula is C46H48P2. The van der Waals surface area contributed by atoms with Crippen LogP contribution in [-0.4, -0.2) is 0 Å². The summed E-state index contributed by atoms with van der Waals surface area (Å²) in [5, 5.41) is 5.82. The topological polar surface area (TPSA) is 0 Å². The lowest BCUT2D eigenvalue weighted by Crippen LogP contribution is -2.29. The van der Waals surface area contributed by atoms with Crippen molar-refractivity contribution in [3.63, 3.8) is 0 Å². The van der Waals surface area contributed by atoms with Crippen molar-refractivity contribution < 1.29 is 0 Å². The molecule has 6 rings (SSSR count). The lowest BCUT2D eigenvalue weighted by Gasteiger charge is -2.43. The molecule has 2 atom stereocenters. The molecule has 0 saturated carbocycles. The van der Waals surface area contributed by atoms with Crippen molar-refractivity contribution in [1.82, 2.24) is 0 Å². The molecule has 0 radical (unpaired) electrons. The molecule has 0 amide bonds. The van der Waals surface area contributed by atoms with Gasteiger partial charge in [0.2, 0.25) is 0 Å². The summed E-state index contributed by atoms with van der Waals surface area (Å²) in [4.78, 5) is 0. The molecular weight excluding hydrogens is 614 g/mol. The van der Waals surface area contributed by atoms with E-state index in [0.29, 0.717) is 17.2 Å². The molecule has 0 aliphatic carbocycles. The number of hydrogen-bond acceptors (Lipinski definition) is 0. The maximum Gasteiger partial charge on any atom is 0.0160 e. The maximum atomic E-state index is 2.42. The van der Waals surface area contributed by atoms with E-state index in [1.165, 1.54) is 54.6 Å². The Morgan fingerprint density at radius 2 is 0.646 bits per heavy atom. The quantitative estimate of drug-likeness (QED) is 0.114.